The molecule has 0 fully saturated rings. The second-order valence-electron chi connectivity index (χ2n) is 2.80. The Hall–Kier alpha value is -0.680. The first-order chi connectivity index (χ1) is 5.59. The molecule has 0 saturated heterocycles. The maximum absolute atomic E-state index is 9.18. The standard InChI is InChI=1S/C7H13N3OS/c1-4(5(2)11)8-7-10-9-6(3)12-7/h4-5,11H,1-3H3,(H,8,10). The predicted octanol–water partition coefficient (Wildman–Crippen LogP) is 1.03. The van der Waals surface area contributed by atoms with Crippen molar-refractivity contribution in [3.63, 3.8) is 0 Å². The Morgan fingerprint density at radius 1 is 1.42 bits per heavy atom. The molecule has 1 aromatic heterocycles. The molecule has 0 amide bonds. The van der Waals surface area contributed by atoms with Crippen LogP contribution in [0.2, 0.25) is 0 Å². The molecule has 2 unspecified atom stereocenters. The third-order valence-electron chi connectivity index (χ3n) is 1.60. The summed E-state index contributed by atoms with van der Waals surface area (Å²) in [6, 6.07) is 0.0114. The van der Waals surface area contributed by atoms with Gasteiger partial charge >= 0.3 is 0 Å². The van der Waals surface area contributed by atoms with Crippen molar-refractivity contribution >= 4 is 16.5 Å². The van der Waals surface area contributed by atoms with Gasteiger partial charge in [0.15, 0.2) is 0 Å². The van der Waals surface area contributed by atoms with Crippen molar-refractivity contribution < 1.29 is 5.11 Å². The summed E-state index contributed by atoms with van der Waals surface area (Å²) in [4.78, 5) is 0. The number of aryl methyl sites for hydroxylation is 1. The van der Waals surface area contributed by atoms with Crippen LogP contribution >= 0.6 is 11.3 Å². The number of aliphatic hydroxyl groups is 1. The zero-order chi connectivity index (χ0) is 9.14. The smallest absolute Gasteiger partial charge is 0.205 e. The van der Waals surface area contributed by atoms with E-state index in [4.69, 9.17) is 0 Å². The summed E-state index contributed by atoms with van der Waals surface area (Å²) >= 11 is 1.49. The monoisotopic (exact) mass is 187 g/mol. The fourth-order valence-corrected chi connectivity index (χ4v) is 1.36. The molecule has 68 valence electrons. The van der Waals surface area contributed by atoms with Crippen LogP contribution in [-0.2, 0) is 0 Å². The minimum atomic E-state index is -0.380. The minimum Gasteiger partial charge on any atom is -0.391 e. The lowest BCUT2D eigenvalue weighted by atomic mass is 10.2. The number of nitrogens with zero attached hydrogens (tertiary/aromatic N) is 2. The fraction of sp³-hybridized carbons (Fsp3) is 0.714. The molecule has 4 nitrogen and oxygen atoms in total. The lowest BCUT2D eigenvalue weighted by Gasteiger charge is -2.14. The van der Waals surface area contributed by atoms with E-state index in [0.29, 0.717) is 0 Å². The molecular weight excluding hydrogens is 174 g/mol. The lowest BCUT2D eigenvalue weighted by molar-refractivity contribution is 0.178. The fourth-order valence-electron chi connectivity index (χ4n) is 0.670. The number of aliphatic hydroxyl groups excluding tert-OH is 1. The molecule has 12 heavy (non-hydrogen) atoms. The summed E-state index contributed by atoms with van der Waals surface area (Å²) in [5.74, 6) is 0. The number of nitrogens with one attached hydrogen (secondary N) is 1. The topological polar surface area (TPSA) is 58.0 Å². The average molecular weight is 187 g/mol. The first kappa shape index (κ1) is 9.41. The zero-order valence-corrected chi connectivity index (χ0v) is 8.22. The van der Waals surface area contributed by atoms with Gasteiger partial charge in [-0.3, -0.25) is 0 Å². The molecule has 0 radical (unpaired) electrons. The Labute approximate surface area is 75.6 Å². The first-order valence-corrected chi connectivity index (χ1v) is 4.66. The predicted molar refractivity (Wildman–Crippen MR) is 49.4 cm³/mol. The number of rotatable bonds is 3. The van der Waals surface area contributed by atoms with E-state index >= 15 is 0 Å². The molecular formula is C7H13N3OS. The van der Waals surface area contributed by atoms with Gasteiger partial charge in [0.1, 0.15) is 5.01 Å². The van der Waals surface area contributed by atoms with E-state index in [2.05, 4.69) is 15.5 Å². The number of anilines is 1. The van der Waals surface area contributed by atoms with Gasteiger partial charge in [-0.25, -0.2) is 0 Å². The summed E-state index contributed by atoms with van der Waals surface area (Å²) in [5, 5.41) is 21.7. The van der Waals surface area contributed by atoms with Crippen molar-refractivity contribution in [2.45, 2.75) is 32.9 Å². The van der Waals surface area contributed by atoms with Crippen LogP contribution < -0.4 is 5.32 Å². The third kappa shape index (κ3) is 2.42. The Morgan fingerprint density at radius 2 is 2.08 bits per heavy atom. The zero-order valence-electron chi connectivity index (χ0n) is 7.40. The molecule has 1 aromatic rings. The van der Waals surface area contributed by atoms with Gasteiger partial charge in [-0.2, -0.15) is 0 Å². The van der Waals surface area contributed by atoms with E-state index in [1.807, 2.05) is 13.8 Å². The van der Waals surface area contributed by atoms with Crippen LogP contribution in [0.5, 0.6) is 0 Å². The summed E-state index contributed by atoms with van der Waals surface area (Å²) in [7, 11) is 0. The second kappa shape index (κ2) is 3.82. The minimum absolute atomic E-state index is 0.0114. The lowest BCUT2D eigenvalue weighted by Crippen LogP contribution is -2.27. The Kier molecular flexibility index (Phi) is 2.99. The van der Waals surface area contributed by atoms with Crippen LogP contribution in [0.15, 0.2) is 0 Å². The highest BCUT2D eigenvalue weighted by atomic mass is 32.1. The van der Waals surface area contributed by atoms with E-state index in [1.165, 1.54) is 11.3 Å². The van der Waals surface area contributed by atoms with Gasteiger partial charge < -0.3 is 10.4 Å². The molecule has 0 spiro atoms. The first-order valence-electron chi connectivity index (χ1n) is 3.84. The van der Waals surface area contributed by atoms with Crippen molar-refractivity contribution in [1.29, 1.82) is 0 Å². The van der Waals surface area contributed by atoms with Gasteiger partial charge in [0.25, 0.3) is 0 Å². The van der Waals surface area contributed by atoms with Crippen LogP contribution in [0.4, 0.5) is 5.13 Å². The SMILES string of the molecule is Cc1nnc(NC(C)C(C)O)s1. The van der Waals surface area contributed by atoms with Crippen molar-refractivity contribution in [2.24, 2.45) is 0 Å². The largest absolute Gasteiger partial charge is 0.391 e. The van der Waals surface area contributed by atoms with Crippen molar-refractivity contribution in [3.05, 3.63) is 5.01 Å². The van der Waals surface area contributed by atoms with Crippen LogP contribution in [0.3, 0.4) is 0 Å². The molecule has 5 heteroatoms. The van der Waals surface area contributed by atoms with Gasteiger partial charge in [0.2, 0.25) is 5.13 Å². The van der Waals surface area contributed by atoms with Crippen molar-refractivity contribution in [2.75, 3.05) is 5.32 Å². The highest BCUT2D eigenvalue weighted by Crippen LogP contribution is 2.15. The molecule has 0 aliphatic rings. The van der Waals surface area contributed by atoms with E-state index in [-0.39, 0.29) is 12.1 Å². The molecule has 0 aliphatic heterocycles. The molecule has 0 aromatic carbocycles. The van der Waals surface area contributed by atoms with Crippen LogP contribution in [0.25, 0.3) is 0 Å². The number of hydrogen-bond donors (Lipinski definition) is 2. The van der Waals surface area contributed by atoms with Gasteiger partial charge in [-0.1, -0.05) is 11.3 Å². The quantitative estimate of drug-likeness (QED) is 0.742. The molecule has 0 bridgehead atoms. The molecule has 1 heterocycles. The number of hydrogen-bond acceptors (Lipinski definition) is 5. The Balaban J connectivity index is 2.52. The van der Waals surface area contributed by atoms with Gasteiger partial charge in [-0.15, -0.1) is 10.2 Å². The van der Waals surface area contributed by atoms with Crippen molar-refractivity contribution in [1.82, 2.24) is 10.2 Å². The van der Waals surface area contributed by atoms with Crippen molar-refractivity contribution in [3.8, 4) is 0 Å². The number of aromatic nitrogens is 2. The van der Waals surface area contributed by atoms with Crippen LogP contribution in [-0.4, -0.2) is 27.4 Å². The van der Waals surface area contributed by atoms with E-state index in [0.717, 1.165) is 10.1 Å². The highest BCUT2D eigenvalue weighted by molar-refractivity contribution is 7.15. The Bertz CT molecular complexity index is 249. The third-order valence-corrected chi connectivity index (χ3v) is 2.37. The summed E-state index contributed by atoms with van der Waals surface area (Å²) in [6.07, 6.45) is -0.380. The van der Waals surface area contributed by atoms with E-state index in [1.54, 1.807) is 6.92 Å². The van der Waals surface area contributed by atoms with Crippen LogP contribution in [0, 0.1) is 6.92 Å². The molecule has 2 atom stereocenters. The van der Waals surface area contributed by atoms with E-state index < -0.39 is 0 Å². The maximum atomic E-state index is 9.18. The van der Waals surface area contributed by atoms with E-state index in [9.17, 15) is 5.11 Å². The summed E-state index contributed by atoms with van der Waals surface area (Å²) in [6.45, 7) is 5.54. The molecule has 1 rings (SSSR count). The Morgan fingerprint density at radius 3 is 2.50 bits per heavy atom. The summed E-state index contributed by atoms with van der Waals surface area (Å²) in [5.41, 5.74) is 0. The molecule has 2 N–H and O–H groups in total. The van der Waals surface area contributed by atoms with Gasteiger partial charge in [0.05, 0.1) is 12.1 Å². The normalized spacial score (nSPS) is 15.7. The highest BCUT2D eigenvalue weighted by Gasteiger charge is 2.09. The second-order valence-corrected chi connectivity index (χ2v) is 3.98. The molecule has 0 aliphatic carbocycles. The maximum Gasteiger partial charge on any atom is 0.205 e. The summed E-state index contributed by atoms with van der Waals surface area (Å²) < 4.78 is 0. The van der Waals surface area contributed by atoms with Gasteiger partial charge in [0, 0.05) is 0 Å². The molecule has 0 saturated carbocycles. The van der Waals surface area contributed by atoms with Crippen LogP contribution in [0.1, 0.15) is 18.9 Å². The average Bonchev–Trinajstić information content (AvgIpc) is 2.35. The van der Waals surface area contributed by atoms with Gasteiger partial charge in [-0.05, 0) is 20.8 Å².